The Morgan fingerprint density at radius 3 is 2.62 bits per heavy atom. The highest BCUT2D eigenvalue weighted by molar-refractivity contribution is 5.91. The lowest BCUT2D eigenvalue weighted by molar-refractivity contribution is -0.127. The molecular weight excluding hydrogens is 312 g/mol. The molecule has 0 saturated carbocycles. The average Bonchev–Trinajstić information content (AvgIpc) is 2.61. The minimum atomic E-state index is -1.05. The van der Waals surface area contributed by atoms with Crippen molar-refractivity contribution in [1.29, 1.82) is 0 Å². The van der Waals surface area contributed by atoms with Crippen LogP contribution in [-0.2, 0) is 11.3 Å². The van der Waals surface area contributed by atoms with E-state index in [1.165, 1.54) is 20.3 Å². The summed E-state index contributed by atoms with van der Waals surface area (Å²) in [5, 5.41) is 12.2. The third-order valence-corrected chi connectivity index (χ3v) is 4.39. The van der Waals surface area contributed by atoms with Crippen molar-refractivity contribution in [2.75, 3.05) is 27.8 Å². The summed E-state index contributed by atoms with van der Waals surface area (Å²) in [5.74, 6) is -0.211. The molecule has 0 aromatic heterocycles. The van der Waals surface area contributed by atoms with E-state index in [-0.39, 0.29) is 17.5 Å². The maximum absolute atomic E-state index is 12.1. The minimum absolute atomic E-state index is 0.0425. The number of benzene rings is 1. The van der Waals surface area contributed by atoms with Gasteiger partial charge in [0.15, 0.2) is 0 Å². The summed E-state index contributed by atoms with van der Waals surface area (Å²) in [6, 6.07) is 2.90. The molecule has 1 atom stereocenters. The smallest absolute Gasteiger partial charge is 0.336 e. The number of ether oxygens (including phenoxy) is 2. The highest BCUT2D eigenvalue weighted by Crippen LogP contribution is 2.31. The molecular formula is C17H24N2O5. The topological polar surface area (TPSA) is 88.1 Å². The van der Waals surface area contributed by atoms with Crippen molar-refractivity contribution in [3.63, 3.8) is 0 Å². The lowest BCUT2D eigenvalue weighted by Gasteiger charge is -2.35. The van der Waals surface area contributed by atoms with Gasteiger partial charge in [-0.1, -0.05) is 6.42 Å². The molecule has 7 heteroatoms. The molecule has 132 valence electrons. The van der Waals surface area contributed by atoms with Gasteiger partial charge in [0.2, 0.25) is 5.91 Å². The van der Waals surface area contributed by atoms with Crippen molar-refractivity contribution >= 4 is 11.9 Å². The fraction of sp³-hybridized carbons (Fsp3) is 0.529. The van der Waals surface area contributed by atoms with Gasteiger partial charge in [0.25, 0.3) is 0 Å². The Bertz CT molecular complexity index is 617. The molecule has 0 radical (unpaired) electrons. The number of nitrogens with zero attached hydrogens (tertiary/aromatic N) is 1. The number of carbonyl (C=O) groups is 2. The zero-order chi connectivity index (χ0) is 17.7. The summed E-state index contributed by atoms with van der Waals surface area (Å²) in [6.45, 7) is 1.08. The van der Waals surface area contributed by atoms with Gasteiger partial charge in [-0.15, -0.1) is 0 Å². The predicted octanol–water partition coefficient (Wildman–Crippen LogP) is 1.50. The number of likely N-dealkylation sites (N-methyl/N-ethyl adjacent to an activating group) is 1. The Hall–Kier alpha value is -2.28. The second kappa shape index (κ2) is 8.01. The van der Waals surface area contributed by atoms with Gasteiger partial charge in [0.05, 0.1) is 25.8 Å². The first-order chi connectivity index (χ1) is 11.5. The molecule has 1 aromatic rings. The number of hydrogen-bond acceptors (Lipinski definition) is 5. The van der Waals surface area contributed by atoms with Crippen molar-refractivity contribution in [3.05, 3.63) is 23.3 Å². The number of methoxy groups -OCH3 is 2. The Morgan fingerprint density at radius 1 is 1.29 bits per heavy atom. The molecule has 0 spiro atoms. The number of carbonyl (C=O) groups excluding carboxylic acids is 1. The zero-order valence-corrected chi connectivity index (χ0v) is 14.3. The molecule has 1 saturated heterocycles. The van der Waals surface area contributed by atoms with E-state index in [0.29, 0.717) is 23.6 Å². The van der Waals surface area contributed by atoms with Gasteiger partial charge in [0.1, 0.15) is 11.5 Å². The zero-order valence-electron chi connectivity index (χ0n) is 14.3. The van der Waals surface area contributed by atoms with Crippen LogP contribution in [-0.4, -0.2) is 55.7 Å². The van der Waals surface area contributed by atoms with Crippen LogP contribution in [0, 0.1) is 0 Å². The molecule has 1 aliphatic heterocycles. The first-order valence-electron chi connectivity index (χ1n) is 7.95. The molecule has 1 amide bonds. The number of carboxylic acid groups (broad SMARTS) is 1. The molecule has 0 aliphatic carbocycles. The van der Waals surface area contributed by atoms with Crippen molar-refractivity contribution in [1.82, 2.24) is 10.2 Å². The fourth-order valence-corrected chi connectivity index (χ4v) is 3.12. The van der Waals surface area contributed by atoms with E-state index in [2.05, 4.69) is 5.32 Å². The van der Waals surface area contributed by atoms with Crippen molar-refractivity contribution in [2.45, 2.75) is 31.8 Å². The molecule has 24 heavy (non-hydrogen) atoms. The standard InChI is InChI=1S/C17H24N2O5/c1-18-16(20)14-6-4-5-7-19(14)10-13-12(17(21)22)8-11(23-2)9-15(13)24-3/h8-9,14H,4-7,10H2,1-3H3,(H,18,20)(H,21,22)/t14-/m0/s1. The van der Waals surface area contributed by atoms with Crippen LogP contribution in [0.5, 0.6) is 11.5 Å². The van der Waals surface area contributed by atoms with E-state index in [9.17, 15) is 14.7 Å². The maximum atomic E-state index is 12.1. The van der Waals surface area contributed by atoms with Crippen LogP contribution in [0.2, 0.25) is 0 Å². The number of amides is 1. The number of piperidine rings is 1. The van der Waals surface area contributed by atoms with Crippen molar-refractivity contribution in [2.24, 2.45) is 0 Å². The van der Waals surface area contributed by atoms with Crippen LogP contribution >= 0.6 is 0 Å². The van der Waals surface area contributed by atoms with Crippen LogP contribution in [0.25, 0.3) is 0 Å². The van der Waals surface area contributed by atoms with Gasteiger partial charge < -0.3 is 19.9 Å². The number of carboxylic acids is 1. The van der Waals surface area contributed by atoms with E-state index in [4.69, 9.17) is 9.47 Å². The van der Waals surface area contributed by atoms with E-state index in [1.54, 1.807) is 13.1 Å². The second-order valence-corrected chi connectivity index (χ2v) is 5.76. The third-order valence-electron chi connectivity index (χ3n) is 4.39. The van der Waals surface area contributed by atoms with Crippen LogP contribution in [0.4, 0.5) is 0 Å². The van der Waals surface area contributed by atoms with Gasteiger partial charge in [-0.3, -0.25) is 9.69 Å². The summed E-state index contributed by atoms with van der Waals surface area (Å²) in [7, 11) is 4.59. The molecule has 2 rings (SSSR count). The molecule has 7 nitrogen and oxygen atoms in total. The van der Waals surface area contributed by atoms with E-state index in [0.717, 1.165) is 25.8 Å². The fourth-order valence-electron chi connectivity index (χ4n) is 3.12. The Kier molecular flexibility index (Phi) is 6.03. The number of hydrogen-bond donors (Lipinski definition) is 2. The largest absolute Gasteiger partial charge is 0.497 e. The molecule has 2 N–H and O–H groups in total. The Labute approximate surface area is 141 Å². The van der Waals surface area contributed by atoms with Crippen molar-refractivity contribution < 1.29 is 24.2 Å². The molecule has 1 heterocycles. The minimum Gasteiger partial charge on any atom is -0.497 e. The first-order valence-corrected chi connectivity index (χ1v) is 7.95. The van der Waals surface area contributed by atoms with Gasteiger partial charge >= 0.3 is 5.97 Å². The molecule has 1 aromatic carbocycles. The Morgan fingerprint density at radius 2 is 2.04 bits per heavy atom. The summed E-state index contributed by atoms with van der Waals surface area (Å²) in [6.07, 6.45) is 2.73. The molecule has 1 fully saturated rings. The highest BCUT2D eigenvalue weighted by Gasteiger charge is 2.30. The van der Waals surface area contributed by atoms with Crippen LogP contribution < -0.4 is 14.8 Å². The van der Waals surface area contributed by atoms with E-state index < -0.39 is 5.97 Å². The van der Waals surface area contributed by atoms with Crippen LogP contribution in [0.3, 0.4) is 0 Å². The van der Waals surface area contributed by atoms with Crippen LogP contribution in [0.1, 0.15) is 35.2 Å². The van der Waals surface area contributed by atoms with Gasteiger partial charge in [-0.2, -0.15) is 0 Å². The monoisotopic (exact) mass is 336 g/mol. The van der Waals surface area contributed by atoms with E-state index >= 15 is 0 Å². The normalized spacial score (nSPS) is 18.0. The Balaban J connectivity index is 2.39. The quantitative estimate of drug-likeness (QED) is 0.818. The van der Waals surface area contributed by atoms with Gasteiger partial charge in [-0.25, -0.2) is 4.79 Å². The number of nitrogens with one attached hydrogen (secondary N) is 1. The number of likely N-dealkylation sites (tertiary alicyclic amines) is 1. The first kappa shape index (κ1) is 18.1. The molecule has 0 bridgehead atoms. The molecule has 0 unspecified atom stereocenters. The summed E-state index contributed by atoms with van der Waals surface area (Å²) in [5.41, 5.74) is 0.689. The second-order valence-electron chi connectivity index (χ2n) is 5.76. The van der Waals surface area contributed by atoms with Crippen LogP contribution in [0.15, 0.2) is 12.1 Å². The maximum Gasteiger partial charge on any atom is 0.336 e. The summed E-state index contributed by atoms with van der Waals surface area (Å²) >= 11 is 0. The third kappa shape index (κ3) is 3.79. The average molecular weight is 336 g/mol. The van der Waals surface area contributed by atoms with Gasteiger partial charge in [0, 0.05) is 25.2 Å². The van der Waals surface area contributed by atoms with Gasteiger partial charge in [-0.05, 0) is 25.5 Å². The lowest BCUT2D eigenvalue weighted by atomic mass is 9.98. The van der Waals surface area contributed by atoms with E-state index in [1.807, 2.05) is 4.90 Å². The summed E-state index contributed by atoms with van der Waals surface area (Å²) in [4.78, 5) is 25.8. The predicted molar refractivity (Wildman–Crippen MR) is 88.6 cm³/mol. The number of rotatable bonds is 6. The highest BCUT2D eigenvalue weighted by atomic mass is 16.5. The lowest BCUT2D eigenvalue weighted by Crippen LogP contribution is -2.48. The van der Waals surface area contributed by atoms with Crippen molar-refractivity contribution in [3.8, 4) is 11.5 Å². The summed E-state index contributed by atoms with van der Waals surface area (Å²) < 4.78 is 10.5. The molecule has 1 aliphatic rings. The SMILES string of the molecule is CNC(=O)[C@@H]1CCCCN1Cc1c(OC)cc(OC)cc1C(=O)O. The number of aromatic carboxylic acids is 1.